The summed E-state index contributed by atoms with van der Waals surface area (Å²) in [6.45, 7) is 3.51. The van der Waals surface area contributed by atoms with Gasteiger partial charge >= 0.3 is 0 Å². The summed E-state index contributed by atoms with van der Waals surface area (Å²) in [5.74, 6) is -0.645. The number of hydrogen-bond acceptors (Lipinski definition) is 4. The van der Waals surface area contributed by atoms with Crippen molar-refractivity contribution in [2.45, 2.75) is 24.8 Å². The molecular formula is C18H17FN2O3S2. The van der Waals surface area contributed by atoms with Gasteiger partial charge in [-0.3, -0.25) is 4.79 Å². The lowest BCUT2D eigenvalue weighted by molar-refractivity contribution is 0.0943. The van der Waals surface area contributed by atoms with Crippen LogP contribution in [0, 0.1) is 12.7 Å². The number of nitrogens with two attached hydrogens (primary N) is 1. The molecule has 1 atom stereocenters. The van der Waals surface area contributed by atoms with E-state index in [1.807, 2.05) is 0 Å². The zero-order chi connectivity index (χ0) is 19.1. The van der Waals surface area contributed by atoms with Gasteiger partial charge in [-0.1, -0.05) is 18.2 Å². The number of thiophene rings is 1. The molecule has 8 heteroatoms. The Bertz CT molecular complexity index is 1090. The first-order chi connectivity index (χ1) is 12.2. The maximum atomic E-state index is 14.0. The number of amides is 1. The molecule has 3 N–H and O–H groups in total. The maximum Gasteiger partial charge on any atom is 0.262 e. The first-order valence-electron chi connectivity index (χ1n) is 7.79. The molecule has 1 amide bonds. The summed E-state index contributed by atoms with van der Waals surface area (Å²) in [6.07, 6.45) is 0. The quantitative estimate of drug-likeness (QED) is 0.712. The summed E-state index contributed by atoms with van der Waals surface area (Å²) in [5, 5.41) is 8.40. The summed E-state index contributed by atoms with van der Waals surface area (Å²) in [6, 6.07) is 10.4. The molecular weight excluding hydrogens is 375 g/mol. The van der Waals surface area contributed by atoms with Crippen LogP contribution in [0.1, 0.15) is 33.8 Å². The molecule has 0 saturated carbocycles. The van der Waals surface area contributed by atoms with Gasteiger partial charge in [-0.25, -0.2) is 17.9 Å². The number of aryl methyl sites for hydroxylation is 1. The number of primary sulfonamides is 1. The average Bonchev–Trinajstić information content (AvgIpc) is 2.92. The molecule has 0 aliphatic heterocycles. The number of carbonyl (C=O) groups excluding carboxylic acids is 1. The van der Waals surface area contributed by atoms with Crippen molar-refractivity contribution in [1.82, 2.24) is 5.32 Å². The van der Waals surface area contributed by atoms with Crippen molar-refractivity contribution >= 4 is 37.4 Å². The molecule has 0 saturated heterocycles. The van der Waals surface area contributed by atoms with E-state index in [2.05, 4.69) is 5.32 Å². The first-order valence-corrected chi connectivity index (χ1v) is 10.2. The van der Waals surface area contributed by atoms with Gasteiger partial charge in [0.15, 0.2) is 0 Å². The van der Waals surface area contributed by atoms with Crippen molar-refractivity contribution in [3.8, 4) is 0 Å². The van der Waals surface area contributed by atoms with Crippen LogP contribution in [0.25, 0.3) is 10.1 Å². The molecule has 0 fully saturated rings. The van der Waals surface area contributed by atoms with Gasteiger partial charge in [-0.05, 0) is 49.2 Å². The molecule has 26 heavy (non-hydrogen) atoms. The van der Waals surface area contributed by atoms with Crippen LogP contribution < -0.4 is 10.5 Å². The molecule has 1 unspecified atom stereocenters. The number of benzene rings is 2. The molecule has 0 radical (unpaired) electrons. The normalized spacial score (nSPS) is 12.9. The van der Waals surface area contributed by atoms with E-state index in [1.165, 1.54) is 29.5 Å². The molecule has 5 nitrogen and oxygen atoms in total. The Morgan fingerprint density at radius 3 is 2.42 bits per heavy atom. The minimum atomic E-state index is -3.76. The van der Waals surface area contributed by atoms with E-state index in [9.17, 15) is 17.6 Å². The lowest BCUT2D eigenvalue weighted by atomic mass is 10.1. The Morgan fingerprint density at radius 1 is 1.19 bits per heavy atom. The molecule has 0 spiro atoms. The van der Waals surface area contributed by atoms with E-state index < -0.39 is 10.0 Å². The number of hydrogen-bond donors (Lipinski definition) is 2. The third-order valence-electron chi connectivity index (χ3n) is 4.17. The maximum absolute atomic E-state index is 14.0. The number of fused-ring (bicyclic) bond motifs is 1. The minimum Gasteiger partial charge on any atom is -0.345 e. The molecule has 136 valence electrons. The first kappa shape index (κ1) is 18.5. The second kappa shape index (κ2) is 6.79. The van der Waals surface area contributed by atoms with Gasteiger partial charge in [0.05, 0.1) is 15.8 Å². The molecule has 2 aromatic carbocycles. The van der Waals surface area contributed by atoms with Crippen LogP contribution in [0.3, 0.4) is 0 Å². The van der Waals surface area contributed by atoms with Gasteiger partial charge in [0.1, 0.15) is 5.82 Å². The Morgan fingerprint density at radius 2 is 1.85 bits per heavy atom. The average molecular weight is 392 g/mol. The lowest BCUT2D eigenvalue weighted by Gasteiger charge is -2.14. The Kier molecular flexibility index (Phi) is 4.83. The second-order valence-electron chi connectivity index (χ2n) is 5.98. The number of rotatable bonds is 4. The third-order valence-corrected chi connectivity index (χ3v) is 6.35. The van der Waals surface area contributed by atoms with Crippen molar-refractivity contribution in [1.29, 1.82) is 0 Å². The Hall–Kier alpha value is -2.29. The van der Waals surface area contributed by atoms with Crippen molar-refractivity contribution in [3.05, 3.63) is 64.3 Å². The summed E-state index contributed by atoms with van der Waals surface area (Å²) in [7, 11) is -3.76. The fraction of sp³-hybridized carbons (Fsp3) is 0.167. The monoisotopic (exact) mass is 392 g/mol. The van der Waals surface area contributed by atoms with Crippen LogP contribution in [-0.2, 0) is 10.0 Å². The van der Waals surface area contributed by atoms with E-state index in [0.29, 0.717) is 15.8 Å². The molecule has 3 aromatic rings. The molecule has 0 aliphatic rings. The number of halogens is 1. The van der Waals surface area contributed by atoms with Crippen molar-refractivity contribution in [2.24, 2.45) is 5.14 Å². The van der Waals surface area contributed by atoms with Crippen LogP contribution in [0.4, 0.5) is 4.39 Å². The second-order valence-corrected chi connectivity index (χ2v) is 8.59. The largest absolute Gasteiger partial charge is 0.345 e. The summed E-state index contributed by atoms with van der Waals surface area (Å²) >= 11 is 1.24. The SMILES string of the molecule is Cc1c(C(=O)NC(C)c2ccc(S(N)(=O)=O)cc2)sc2cccc(F)c12. The summed E-state index contributed by atoms with van der Waals surface area (Å²) in [4.78, 5) is 13.1. The number of sulfonamides is 1. The number of carbonyl (C=O) groups is 1. The summed E-state index contributed by atoms with van der Waals surface area (Å²) < 4.78 is 37.3. The zero-order valence-electron chi connectivity index (χ0n) is 14.1. The van der Waals surface area contributed by atoms with E-state index in [4.69, 9.17) is 5.14 Å². The van der Waals surface area contributed by atoms with Crippen molar-refractivity contribution in [3.63, 3.8) is 0 Å². The highest BCUT2D eigenvalue weighted by Crippen LogP contribution is 2.32. The van der Waals surface area contributed by atoms with Gasteiger partial charge in [-0.2, -0.15) is 0 Å². The standard InChI is InChI=1S/C18H17FN2O3S2/c1-10-16-14(19)4-3-5-15(16)25-17(10)18(22)21-11(2)12-6-8-13(9-7-12)26(20,23)24/h3-9,11H,1-2H3,(H,21,22)(H2,20,23,24). The molecule has 0 bridgehead atoms. The predicted molar refractivity (Wildman–Crippen MR) is 100 cm³/mol. The van der Waals surface area contributed by atoms with Crippen LogP contribution in [0.15, 0.2) is 47.4 Å². The highest BCUT2D eigenvalue weighted by molar-refractivity contribution is 7.89. The van der Waals surface area contributed by atoms with E-state index in [-0.39, 0.29) is 22.7 Å². The topological polar surface area (TPSA) is 89.3 Å². The number of nitrogens with one attached hydrogen (secondary N) is 1. The van der Waals surface area contributed by atoms with Crippen LogP contribution in [-0.4, -0.2) is 14.3 Å². The molecule has 1 aromatic heterocycles. The lowest BCUT2D eigenvalue weighted by Crippen LogP contribution is -2.26. The van der Waals surface area contributed by atoms with Gasteiger partial charge in [0.2, 0.25) is 10.0 Å². The fourth-order valence-electron chi connectivity index (χ4n) is 2.76. The van der Waals surface area contributed by atoms with Crippen molar-refractivity contribution < 1.29 is 17.6 Å². The highest BCUT2D eigenvalue weighted by Gasteiger charge is 2.20. The fourth-order valence-corrected chi connectivity index (χ4v) is 4.40. The Balaban J connectivity index is 1.84. The molecule has 3 rings (SSSR count). The Labute approximate surface area is 154 Å². The molecule has 0 aliphatic carbocycles. The van der Waals surface area contributed by atoms with E-state index in [1.54, 1.807) is 38.1 Å². The van der Waals surface area contributed by atoms with Gasteiger partial charge in [0.25, 0.3) is 5.91 Å². The van der Waals surface area contributed by atoms with Gasteiger partial charge < -0.3 is 5.32 Å². The van der Waals surface area contributed by atoms with Crippen LogP contribution in [0.5, 0.6) is 0 Å². The van der Waals surface area contributed by atoms with Crippen LogP contribution >= 0.6 is 11.3 Å². The molecule has 1 heterocycles. The van der Waals surface area contributed by atoms with Crippen molar-refractivity contribution in [2.75, 3.05) is 0 Å². The van der Waals surface area contributed by atoms with Gasteiger partial charge in [0, 0.05) is 10.1 Å². The third kappa shape index (κ3) is 3.48. The van der Waals surface area contributed by atoms with E-state index in [0.717, 1.165) is 10.3 Å². The summed E-state index contributed by atoms with van der Waals surface area (Å²) in [5.41, 5.74) is 1.34. The zero-order valence-corrected chi connectivity index (χ0v) is 15.7. The minimum absolute atomic E-state index is 0.00982. The smallest absolute Gasteiger partial charge is 0.262 e. The predicted octanol–water partition coefficient (Wildman–Crippen LogP) is 3.49. The van der Waals surface area contributed by atoms with Gasteiger partial charge in [-0.15, -0.1) is 11.3 Å². The highest BCUT2D eigenvalue weighted by atomic mass is 32.2. The van der Waals surface area contributed by atoms with E-state index >= 15 is 0 Å². The van der Waals surface area contributed by atoms with Crippen LogP contribution in [0.2, 0.25) is 0 Å².